The van der Waals surface area contributed by atoms with Crippen LogP contribution >= 0.6 is 11.9 Å². The summed E-state index contributed by atoms with van der Waals surface area (Å²) in [6.45, 7) is 0. The zero-order chi connectivity index (χ0) is 22.5. The Balaban J connectivity index is 1.49. The number of aromatic amines is 1. The molecule has 0 aliphatic rings. The number of hydrogen-bond donors (Lipinski definition) is 1. The standard InChI is InChI=1S/C24H20BN5S/c1-29-21-10-9-15(16-5-4-8-22-17(16)11-12-30(22)31-14-25)13-18(21)23(28-29)24-26-19-6-2-3-7-20(19)27-24/h2-13H,14,25H2,1H3,(H,26,27)/i25TD. The molecule has 0 saturated heterocycles. The van der Waals surface area contributed by atoms with Gasteiger partial charge in [0.15, 0.2) is 5.82 Å². The normalized spacial score (nSPS) is 12.5. The quantitative estimate of drug-likeness (QED) is 0.404. The van der Waals surface area contributed by atoms with Gasteiger partial charge in [0.05, 0.1) is 22.1 Å². The van der Waals surface area contributed by atoms with E-state index in [1.807, 2.05) is 42.2 Å². The van der Waals surface area contributed by atoms with Gasteiger partial charge in [0, 0.05) is 24.0 Å². The zero-order valence-electron chi connectivity index (χ0n) is 18.9. The molecule has 150 valence electrons. The molecule has 0 aliphatic heterocycles. The molecule has 0 bridgehead atoms. The number of H-pyrrole nitrogens is 1. The summed E-state index contributed by atoms with van der Waals surface area (Å²) in [5.74, 6) is 0.764. The third-order valence-electron chi connectivity index (χ3n) is 5.69. The van der Waals surface area contributed by atoms with E-state index in [0.717, 1.165) is 55.5 Å². The van der Waals surface area contributed by atoms with Crippen molar-refractivity contribution in [2.45, 2.75) is 0 Å². The van der Waals surface area contributed by atoms with Crippen molar-refractivity contribution in [3.8, 4) is 22.6 Å². The van der Waals surface area contributed by atoms with E-state index in [4.69, 9.17) is 12.8 Å². The zero-order valence-corrected chi connectivity index (χ0v) is 17.7. The summed E-state index contributed by atoms with van der Waals surface area (Å²) in [7, 11) is 1.11. The average Bonchev–Trinajstić information content (AvgIpc) is 3.52. The van der Waals surface area contributed by atoms with Gasteiger partial charge in [-0.05, 0) is 55.8 Å². The lowest BCUT2D eigenvalue weighted by Gasteiger charge is -2.07. The third kappa shape index (κ3) is 2.88. The molecule has 0 saturated carbocycles. The summed E-state index contributed by atoms with van der Waals surface area (Å²) >= 11 is 1.49. The molecule has 5 nitrogen and oxygen atoms in total. The molecule has 6 rings (SSSR count). The van der Waals surface area contributed by atoms with Crippen LogP contribution in [0.15, 0.2) is 72.9 Å². The highest BCUT2D eigenvalue weighted by molar-refractivity contribution is 7.98. The van der Waals surface area contributed by atoms with E-state index in [-0.39, 0.29) is 0 Å². The fourth-order valence-electron chi connectivity index (χ4n) is 4.26. The molecule has 3 heterocycles. The number of nitrogens with one attached hydrogen (secondary N) is 1. The van der Waals surface area contributed by atoms with Crippen molar-refractivity contribution >= 4 is 52.6 Å². The Bertz CT molecular complexity index is 1600. The first-order valence-corrected chi connectivity index (χ1v) is 11.0. The van der Waals surface area contributed by atoms with Crippen molar-refractivity contribution in [3.63, 3.8) is 0 Å². The van der Waals surface area contributed by atoms with Crippen LogP contribution in [0.5, 0.6) is 0 Å². The van der Waals surface area contributed by atoms with Crippen LogP contribution in [0.3, 0.4) is 0 Å². The van der Waals surface area contributed by atoms with Crippen LogP contribution in [-0.4, -0.2) is 39.8 Å². The van der Waals surface area contributed by atoms with Gasteiger partial charge < -0.3 is 4.98 Å². The Kier molecular flexibility index (Phi) is 3.71. The molecule has 3 aromatic heterocycles. The van der Waals surface area contributed by atoms with E-state index < -0.39 is 7.77 Å². The summed E-state index contributed by atoms with van der Waals surface area (Å²) in [6, 6.07) is 22.8. The lowest BCUT2D eigenvalue weighted by atomic mass is 10.00. The molecule has 0 amide bonds. The number of nitrogens with zero attached hydrogens (tertiary/aromatic N) is 4. The molecule has 0 unspecified atom stereocenters. The second kappa shape index (κ2) is 7.06. The lowest BCUT2D eigenvalue weighted by molar-refractivity contribution is 0.798. The van der Waals surface area contributed by atoms with Crippen LogP contribution in [0, 0.1) is 0 Å². The van der Waals surface area contributed by atoms with Crippen LogP contribution in [0.2, 0.25) is 0 Å². The molecule has 1 N–H and O–H groups in total. The van der Waals surface area contributed by atoms with Gasteiger partial charge in [-0.2, -0.15) is 5.10 Å². The third-order valence-corrected chi connectivity index (χ3v) is 6.43. The van der Waals surface area contributed by atoms with Crippen molar-refractivity contribution in [1.29, 1.82) is 2.67 Å². The highest BCUT2D eigenvalue weighted by Gasteiger charge is 2.16. The van der Waals surface area contributed by atoms with Gasteiger partial charge in [0.2, 0.25) is 0 Å². The Morgan fingerprint density at radius 3 is 2.94 bits per heavy atom. The summed E-state index contributed by atoms with van der Waals surface area (Å²) < 4.78 is 18.9. The first-order valence-electron chi connectivity index (χ1n) is 11.2. The van der Waals surface area contributed by atoms with Crippen molar-refractivity contribution in [2.24, 2.45) is 7.05 Å². The molecule has 3 aromatic carbocycles. The molecule has 0 atom stereocenters. The van der Waals surface area contributed by atoms with Crippen molar-refractivity contribution in [3.05, 3.63) is 72.9 Å². The second-order valence-electron chi connectivity index (χ2n) is 7.48. The topological polar surface area (TPSA) is 51.4 Å². The molecule has 0 spiro atoms. The molecular formula is C24H20BN5S. The monoisotopic (exact) mass is 424 g/mol. The smallest absolute Gasteiger partial charge is 0.159 e. The predicted molar refractivity (Wildman–Crippen MR) is 133 cm³/mol. The van der Waals surface area contributed by atoms with Gasteiger partial charge in [-0.15, -0.1) is 0 Å². The van der Waals surface area contributed by atoms with Gasteiger partial charge in [-0.3, -0.25) is 8.65 Å². The summed E-state index contributed by atoms with van der Waals surface area (Å²) in [5, 5.41) is 6.97. The van der Waals surface area contributed by atoms with Gasteiger partial charge in [0.1, 0.15) is 13.5 Å². The Labute approximate surface area is 187 Å². The van der Waals surface area contributed by atoms with Gasteiger partial charge in [0.25, 0.3) is 0 Å². The Morgan fingerprint density at radius 1 is 1.10 bits per heavy atom. The predicted octanol–water partition coefficient (Wildman–Crippen LogP) is 4.83. The van der Waals surface area contributed by atoms with Gasteiger partial charge in [-0.1, -0.05) is 42.3 Å². The minimum absolute atomic E-state index is 0.427. The van der Waals surface area contributed by atoms with Gasteiger partial charge >= 0.3 is 0 Å². The molecule has 0 radical (unpaired) electrons. The highest BCUT2D eigenvalue weighted by Crippen LogP contribution is 2.35. The number of aryl methyl sites for hydroxylation is 1. The number of aromatic nitrogens is 5. The summed E-state index contributed by atoms with van der Waals surface area (Å²) in [6.07, 6.45) is 2.02. The first kappa shape index (κ1) is 16.3. The maximum atomic E-state index is 7.49. The number of rotatable bonds is 5. The summed E-state index contributed by atoms with van der Waals surface area (Å²) in [5.41, 5.74) is 7.57. The molecular weight excluding hydrogens is 401 g/mol. The van der Waals surface area contributed by atoms with Crippen LogP contribution in [-0.2, 0) is 7.05 Å². The maximum Gasteiger partial charge on any atom is 0.159 e. The minimum atomic E-state index is -0.847. The molecule has 0 aliphatic carbocycles. The highest BCUT2D eigenvalue weighted by atomic mass is 32.2. The van der Waals surface area contributed by atoms with E-state index >= 15 is 0 Å². The number of para-hydroxylation sites is 2. The van der Waals surface area contributed by atoms with E-state index in [1.54, 1.807) is 0 Å². The van der Waals surface area contributed by atoms with E-state index in [0.29, 0.717) is 5.65 Å². The van der Waals surface area contributed by atoms with Crippen molar-refractivity contribution in [1.82, 2.24) is 23.7 Å². The number of benzene rings is 3. The Hall–Kier alpha value is -3.45. The van der Waals surface area contributed by atoms with Crippen molar-refractivity contribution < 1.29 is 0 Å². The number of hydrogen-bond acceptors (Lipinski definition) is 3. The maximum absolute atomic E-state index is 7.49. The largest absolute Gasteiger partial charge is 0.337 e. The van der Waals surface area contributed by atoms with E-state index in [9.17, 15) is 0 Å². The van der Waals surface area contributed by atoms with E-state index in [2.05, 4.69) is 51.4 Å². The van der Waals surface area contributed by atoms with Crippen LogP contribution in [0.1, 0.15) is 0 Å². The Morgan fingerprint density at radius 2 is 2.03 bits per heavy atom. The lowest BCUT2D eigenvalue weighted by Crippen LogP contribution is -1.90. The van der Waals surface area contributed by atoms with E-state index in [1.165, 1.54) is 11.9 Å². The van der Waals surface area contributed by atoms with Crippen LogP contribution in [0.4, 0.5) is 0 Å². The minimum Gasteiger partial charge on any atom is -0.337 e. The molecule has 7 heteroatoms. The fraction of sp³-hybridized carbons (Fsp3) is 0.0833. The molecule has 31 heavy (non-hydrogen) atoms. The molecule has 0 fully saturated rings. The number of imidazole rings is 1. The molecule has 6 aromatic rings. The average molecular weight is 424 g/mol. The van der Waals surface area contributed by atoms with Crippen LogP contribution < -0.4 is 0 Å². The van der Waals surface area contributed by atoms with Gasteiger partial charge in [-0.25, -0.2) is 4.98 Å². The second-order valence-corrected chi connectivity index (χ2v) is 8.47. The van der Waals surface area contributed by atoms with Crippen molar-refractivity contribution in [2.75, 3.05) is 5.65 Å². The number of fused-ring (bicyclic) bond motifs is 3. The van der Waals surface area contributed by atoms with Crippen LogP contribution in [0.25, 0.3) is 55.5 Å². The SMILES string of the molecule is [2H]B([3H])CSn1ccc2c(-c3ccc4c(c3)c(-c3nc5ccccc5[nH]3)nn4C)cccc21. The summed E-state index contributed by atoms with van der Waals surface area (Å²) in [4.78, 5) is 8.18. The fourth-order valence-corrected chi connectivity index (χ4v) is 4.87. The first-order chi connectivity index (χ1) is 16.1.